The maximum atomic E-state index is 10.7. The molecule has 0 saturated carbocycles. The van der Waals surface area contributed by atoms with Gasteiger partial charge in [-0.15, -0.1) is 0 Å². The van der Waals surface area contributed by atoms with Gasteiger partial charge in [0.2, 0.25) is 0 Å². The summed E-state index contributed by atoms with van der Waals surface area (Å²) in [6.07, 6.45) is 6.88. The molecule has 132 valence electrons. The van der Waals surface area contributed by atoms with Gasteiger partial charge in [0.05, 0.1) is 6.54 Å². The Hall–Kier alpha value is -2.38. The molecule has 0 radical (unpaired) electrons. The summed E-state index contributed by atoms with van der Waals surface area (Å²) in [7, 11) is 1.92. The second kappa shape index (κ2) is 6.85. The van der Waals surface area contributed by atoms with Crippen molar-refractivity contribution in [2.45, 2.75) is 25.5 Å². The first-order valence-corrected chi connectivity index (χ1v) is 8.67. The van der Waals surface area contributed by atoms with Crippen LogP contribution in [-0.2, 0) is 13.6 Å². The number of H-pyrrole nitrogens is 1. The Morgan fingerprint density at radius 2 is 2.28 bits per heavy atom. The summed E-state index contributed by atoms with van der Waals surface area (Å²) < 4.78 is 7.82. The van der Waals surface area contributed by atoms with Crippen molar-refractivity contribution in [1.29, 1.82) is 0 Å². The number of aliphatic hydroxyl groups is 1. The maximum Gasteiger partial charge on any atom is 0.152 e. The van der Waals surface area contributed by atoms with Crippen LogP contribution in [-0.4, -0.2) is 42.8 Å². The molecule has 0 bridgehead atoms. The van der Waals surface area contributed by atoms with Crippen molar-refractivity contribution in [3.63, 3.8) is 0 Å². The molecule has 2 atom stereocenters. The largest absolute Gasteiger partial charge is 0.458 e. The molecular weight excluding hydrogens is 318 g/mol. The van der Waals surface area contributed by atoms with Crippen molar-refractivity contribution < 1.29 is 9.52 Å². The van der Waals surface area contributed by atoms with Gasteiger partial charge in [-0.2, -0.15) is 5.10 Å². The number of rotatable bonds is 5. The highest BCUT2D eigenvalue weighted by atomic mass is 16.3. The Balaban J connectivity index is 1.41. The van der Waals surface area contributed by atoms with Gasteiger partial charge in [0.1, 0.15) is 23.4 Å². The molecule has 1 aliphatic heterocycles. The van der Waals surface area contributed by atoms with E-state index in [1.165, 1.54) is 0 Å². The quantitative estimate of drug-likeness (QED) is 0.744. The molecule has 3 aromatic rings. The fraction of sp³-hybridized carbons (Fsp3) is 0.444. The first-order chi connectivity index (χ1) is 12.2. The molecule has 0 amide bonds. The highest BCUT2D eigenvalue weighted by Crippen LogP contribution is 2.30. The summed E-state index contributed by atoms with van der Waals surface area (Å²) in [5.41, 5.74) is 0.882. The summed E-state index contributed by atoms with van der Waals surface area (Å²) in [6.45, 7) is 2.61. The predicted molar refractivity (Wildman–Crippen MR) is 92.5 cm³/mol. The SMILES string of the molecule is Cn1ccnc1[C@@H](O)[C@@H]1CCCN(Cc2ccc(-c3ccn[nH]3)o2)C1. The number of likely N-dealkylation sites (tertiary alicyclic amines) is 1. The van der Waals surface area contributed by atoms with Crippen molar-refractivity contribution in [2.24, 2.45) is 13.0 Å². The van der Waals surface area contributed by atoms with Crippen LogP contribution in [0.4, 0.5) is 0 Å². The van der Waals surface area contributed by atoms with E-state index in [1.807, 2.05) is 36.0 Å². The first-order valence-electron chi connectivity index (χ1n) is 8.67. The number of hydrogen-bond donors (Lipinski definition) is 2. The normalized spacial score (nSPS) is 20.0. The number of aromatic amines is 1. The molecule has 7 nitrogen and oxygen atoms in total. The van der Waals surface area contributed by atoms with Gasteiger partial charge < -0.3 is 14.1 Å². The van der Waals surface area contributed by atoms with Gasteiger partial charge in [-0.3, -0.25) is 10.00 Å². The molecular formula is C18H23N5O2. The number of hydrogen-bond acceptors (Lipinski definition) is 5. The van der Waals surface area contributed by atoms with Crippen LogP contribution in [0.5, 0.6) is 0 Å². The van der Waals surface area contributed by atoms with E-state index < -0.39 is 6.10 Å². The molecule has 0 aliphatic carbocycles. The van der Waals surface area contributed by atoms with Gasteiger partial charge >= 0.3 is 0 Å². The zero-order valence-corrected chi connectivity index (χ0v) is 14.3. The third kappa shape index (κ3) is 3.38. The van der Waals surface area contributed by atoms with Gasteiger partial charge in [-0.1, -0.05) is 0 Å². The molecule has 1 aliphatic rings. The molecule has 2 N–H and O–H groups in total. The first kappa shape index (κ1) is 16.1. The van der Waals surface area contributed by atoms with Crippen LogP contribution in [0.1, 0.15) is 30.5 Å². The summed E-state index contributed by atoms with van der Waals surface area (Å²) in [6, 6.07) is 5.87. The topological polar surface area (TPSA) is 83.1 Å². The van der Waals surface area contributed by atoms with Crippen molar-refractivity contribution in [3.8, 4) is 11.5 Å². The van der Waals surface area contributed by atoms with Crippen LogP contribution in [0.3, 0.4) is 0 Å². The number of nitrogens with one attached hydrogen (secondary N) is 1. The average molecular weight is 341 g/mol. The lowest BCUT2D eigenvalue weighted by atomic mass is 9.92. The minimum Gasteiger partial charge on any atom is -0.458 e. The molecule has 7 heteroatoms. The van der Waals surface area contributed by atoms with Crippen molar-refractivity contribution >= 4 is 0 Å². The maximum absolute atomic E-state index is 10.7. The van der Waals surface area contributed by atoms with E-state index in [4.69, 9.17) is 4.42 Å². The minimum atomic E-state index is -0.528. The number of nitrogens with zero attached hydrogens (tertiary/aromatic N) is 4. The van der Waals surface area contributed by atoms with E-state index in [2.05, 4.69) is 20.1 Å². The third-order valence-electron chi connectivity index (χ3n) is 4.92. The third-order valence-corrected chi connectivity index (χ3v) is 4.92. The Morgan fingerprint density at radius 1 is 1.36 bits per heavy atom. The van der Waals surface area contributed by atoms with Crippen LogP contribution in [0.25, 0.3) is 11.5 Å². The summed E-state index contributed by atoms with van der Waals surface area (Å²) in [5.74, 6) is 2.66. The van der Waals surface area contributed by atoms with Gasteiger partial charge in [0.25, 0.3) is 0 Å². The van der Waals surface area contributed by atoms with Crippen LogP contribution >= 0.6 is 0 Å². The molecule has 3 aromatic heterocycles. The Labute approximate surface area is 146 Å². The molecule has 4 heterocycles. The van der Waals surface area contributed by atoms with Crippen molar-refractivity contribution in [2.75, 3.05) is 13.1 Å². The molecule has 0 aromatic carbocycles. The fourth-order valence-electron chi connectivity index (χ4n) is 3.59. The van der Waals surface area contributed by atoms with E-state index in [1.54, 1.807) is 12.4 Å². The number of aromatic nitrogens is 4. The van der Waals surface area contributed by atoms with Crippen molar-refractivity contribution in [3.05, 3.63) is 48.4 Å². The summed E-state index contributed by atoms with van der Waals surface area (Å²) in [4.78, 5) is 6.64. The molecule has 0 unspecified atom stereocenters. The minimum absolute atomic E-state index is 0.192. The van der Waals surface area contributed by atoms with Crippen LogP contribution in [0.15, 0.2) is 41.2 Å². The number of aliphatic hydroxyl groups excluding tert-OH is 1. The Kier molecular flexibility index (Phi) is 4.42. The second-order valence-corrected chi connectivity index (χ2v) is 6.71. The fourth-order valence-corrected chi connectivity index (χ4v) is 3.59. The second-order valence-electron chi connectivity index (χ2n) is 6.71. The van der Waals surface area contributed by atoms with E-state index in [-0.39, 0.29) is 5.92 Å². The van der Waals surface area contributed by atoms with E-state index in [9.17, 15) is 5.11 Å². The van der Waals surface area contributed by atoms with Crippen LogP contribution in [0.2, 0.25) is 0 Å². The predicted octanol–water partition coefficient (Wildman–Crippen LogP) is 2.35. The number of piperidine rings is 1. The Morgan fingerprint density at radius 3 is 3.04 bits per heavy atom. The number of imidazole rings is 1. The lowest BCUT2D eigenvalue weighted by Crippen LogP contribution is -2.37. The lowest BCUT2D eigenvalue weighted by Gasteiger charge is -2.34. The van der Waals surface area contributed by atoms with Gasteiger partial charge in [0.15, 0.2) is 5.76 Å². The molecule has 0 spiro atoms. The average Bonchev–Trinajstić information content (AvgIpc) is 3.35. The number of aryl methyl sites for hydroxylation is 1. The van der Waals surface area contributed by atoms with Crippen LogP contribution < -0.4 is 0 Å². The lowest BCUT2D eigenvalue weighted by molar-refractivity contribution is 0.0384. The van der Waals surface area contributed by atoms with E-state index in [0.717, 1.165) is 55.5 Å². The van der Waals surface area contributed by atoms with E-state index >= 15 is 0 Å². The zero-order valence-electron chi connectivity index (χ0n) is 14.3. The van der Waals surface area contributed by atoms with Gasteiger partial charge in [-0.05, 0) is 37.6 Å². The molecule has 4 rings (SSSR count). The van der Waals surface area contributed by atoms with E-state index in [0.29, 0.717) is 0 Å². The smallest absolute Gasteiger partial charge is 0.152 e. The molecule has 1 fully saturated rings. The monoisotopic (exact) mass is 341 g/mol. The van der Waals surface area contributed by atoms with Gasteiger partial charge in [-0.25, -0.2) is 4.98 Å². The van der Waals surface area contributed by atoms with Gasteiger partial charge in [0, 0.05) is 38.1 Å². The Bertz CT molecular complexity index is 807. The highest BCUT2D eigenvalue weighted by Gasteiger charge is 2.29. The molecule has 1 saturated heterocycles. The molecule has 25 heavy (non-hydrogen) atoms. The van der Waals surface area contributed by atoms with Crippen LogP contribution in [0, 0.1) is 5.92 Å². The number of furan rings is 1. The highest BCUT2D eigenvalue weighted by molar-refractivity contribution is 5.51. The van der Waals surface area contributed by atoms with Crippen molar-refractivity contribution in [1.82, 2.24) is 24.6 Å². The standard InChI is InChI=1S/C18H23N5O2/c1-22-10-8-19-18(22)17(24)13-3-2-9-23(11-13)12-14-4-5-16(25-14)15-6-7-20-21-15/h4-8,10,13,17,24H,2-3,9,11-12H2,1H3,(H,20,21)/t13-,17+/m1/s1. The zero-order chi connectivity index (χ0) is 17.2. The summed E-state index contributed by atoms with van der Waals surface area (Å²) in [5, 5.41) is 17.6. The summed E-state index contributed by atoms with van der Waals surface area (Å²) >= 11 is 0.